The van der Waals surface area contributed by atoms with E-state index in [9.17, 15) is 4.79 Å². The normalized spacial score (nSPS) is 12.4. The maximum Gasteiger partial charge on any atom is 0.292 e. The molecule has 0 aliphatic carbocycles. The van der Waals surface area contributed by atoms with Gasteiger partial charge in [-0.1, -0.05) is 36.7 Å². The highest BCUT2D eigenvalue weighted by Crippen LogP contribution is 2.41. The van der Waals surface area contributed by atoms with Crippen LogP contribution in [0.1, 0.15) is 13.3 Å². The maximum atomic E-state index is 11.8. The van der Waals surface area contributed by atoms with Crippen molar-refractivity contribution in [2.24, 2.45) is 0 Å². The highest BCUT2D eigenvalue weighted by molar-refractivity contribution is 7.71. The molecule has 2 heterocycles. The van der Waals surface area contributed by atoms with E-state index in [1.165, 1.54) is 11.3 Å². The Balaban J connectivity index is 1.77. The molecule has 6 nitrogen and oxygen atoms in total. The van der Waals surface area contributed by atoms with Crippen LogP contribution in [0.4, 0.5) is 0 Å². The molecule has 26 heavy (non-hydrogen) atoms. The Labute approximate surface area is 165 Å². The van der Waals surface area contributed by atoms with E-state index in [0.717, 1.165) is 26.3 Å². The number of nitrogens with zero attached hydrogens (tertiary/aromatic N) is 2. The summed E-state index contributed by atoms with van der Waals surface area (Å²) in [6.07, 6.45) is 0.915. The van der Waals surface area contributed by atoms with Gasteiger partial charge >= 0.3 is 0 Å². The summed E-state index contributed by atoms with van der Waals surface area (Å²) in [7, 11) is 1.91. The number of halogens is 1. The van der Waals surface area contributed by atoms with Gasteiger partial charge in [0.15, 0.2) is 13.2 Å². The minimum Gasteiger partial charge on any atom is -0.408 e. The van der Waals surface area contributed by atoms with Crippen LogP contribution in [0.25, 0.3) is 20.9 Å². The summed E-state index contributed by atoms with van der Waals surface area (Å²) in [6.45, 7) is 3.48. The van der Waals surface area contributed by atoms with Crippen LogP contribution in [0.15, 0.2) is 28.7 Å². The summed E-state index contributed by atoms with van der Waals surface area (Å²) >= 11 is 13.3. The summed E-state index contributed by atoms with van der Waals surface area (Å²) in [5.74, 6) is 0.413. The Morgan fingerprint density at radius 1 is 1.46 bits per heavy atom. The zero-order chi connectivity index (χ0) is 18.7. The second-order valence-electron chi connectivity index (χ2n) is 6.06. The lowest BCUT2D eigenvalue weighted by Gasteiger charge is -2.12. The number of amides is 1. The lowest BCUT2D eigenvalue weighted by atomic mass is 10.2. The van der Waals surface area contributed by atoms with E-state index in [2.05, 4.69) is 10.4 Å². The number of hydrogen-bond donors (Lipinski definition) is 2. The van der Waals surface area contributed by atoms with Gasteiger partial charge in [-0.25, -0.2) is 0 Å². The number of benzene rings is 1. The van der Waals surface area contributed by atoms with Crippen LogP contribution in [-0.4, -0.2) is 35.8 Å². The van der Waals surface area contributed by atoms with Gasteiger partial charge in [0.2, 0.25) is 0 Å². The van der Waals surface area contributed by atoms with Crippen molar-refractivity contribution in [1.29, 1.82) is 0 Å². The van der Waals surface area contributed by atoms with E-state index in [1.54, 1.807) is 4.68 Å². The van der Waals surface area contributed by atoms with Crippen LogP contribution in [0.5, 0.6) is 0 Å². The molecule has 9 heteroatoms. The number of fused-ring (bicyclic) bond motifs is 1. The molecule has 1 amide bonds. The molecule has 1 aromatic carbocycles. The van der Waals surface area contributed by atoms with Gasteiger partial charge in [0.25, 0.3) is 16.6 Å². The molecule has 2 aromatic heterocycles. The number of rotatable bonds is 7. The zero-order valence-corrected chi connectivity index (χ0v) is 16.9. The zero-order valence-electron chi connectivity index (χ0n) is 14.5. The van der Waals surface area contributed by atoms with Crippen molar-refractivity contribution in [2.75, 3.05) is 20.1 Å². The van der Waals surface area contributed by atoms with Gasteiger partial charge in [-0.3, -0.25) is 4.79 Å². The Morgan fingerprint density at radius 3 is 2.96 bits per heavy atom. The molecule has 0 saturated carbocycles. The molecule has 0 spiro atoms. The minimum absolute atomic E-state index is 0.00661. The number of carbonyl (C=O) groups excluding carboxylic acids is 1. The highest BCUT2D eigenvalue weighted by atomic mass is 35.5. The maximum absolute atomic E-state index is 11.8. The lowest BCUT2D eigenvalue weighted by Crippen LogP contribution is -3.09. The molecule has 1 unspecified atom stereocenters. The molecular weight excluding hydrogens is 392 g/mol. The first-order valence-electron chi connectivity index (χ1n) is 8.33. The molecule has 138 valence electrons. The first-order valence-corrected chi connectivity index (χ1v) is 9.93. The van der Waals surface area contributed by atoms with Crippen molar-refractivity contribution in [3.05, 3.63) is 34.1 Å². The van der Waals surface area contributed by atoms with Crippen molar-refractivity contribution in [3.8, 4) is 10.8 Å². The molecule has 3 rings (SSSR count). The number of quaternary nitrogens is 1. The average Bonchev–Trinajstić information content (AvgIpc) is 3.14. The second-order valence-corrected chi connectivity index (χ2v) is 7.84. The van der Waals surface area contributed by atoms with Crippen molar-refractivity contribution in [3.63, 3.8) is 0 Å². The van der Waals surface area contributed by atoms with Crippen LogP contribution in [0, 0.1) is 4.84 Å². The molecule has 1 atom stereocenters. The first kappa shape index (κ1) is 19.0. The van der Waals surface area contributed by atoms with Gasteiger partial charge in [0.05, 0.1) is 12.1 Å². The number of nitrogens with one attached hydrogen (secondary N) is 2. The van der Waals surface area contributed by atoms with Crippen molar-refractivity contribution in [1.82, 2.24) is 15.1 Å². The molecule has 0 bridgehead atoms. The fourth-order valence-electron chi connectivity index (χ4n) is 2.56. The minimum atomic E-state index is 0.00661. The van der Waals surface area contributed by atoms with Crippen LogP contribution in [0.2, 0.25) is 5.02 Å². The lowest BCUT2D eigenvalue weighted by molar-refractivity contribution is -0.895. The van der Waals surface area contributed by atoms with Gasteiger partial charge < -0.3 is 14.6 Å². The number of carbonyl (C=O) groups is 1. The molecule has 0 saturated heterocycles. The first-order chi connectivity index (χ1) is 12.5. The van der Waals surface area contributed by atoms with Gasteiger partial charge in [-0.15, -0.1) is 16.4 Å². The third-order valence-electron chi connectivity index (χ3n) is 3.79. The molecule has 0 fully saturated rings. The molecule has 2 N–H and O–H groups in total. The second kappa shape index (κ2) is 8.30. The molecule has 3 aromatic rings. The summed E-state index contributed by atoms with van der Waals surface area (Å²) in [5.41, 5.74) is 0. The summed E-state index contributed by atoms with van der Waals surface area (Å²) in [5, 5.41) is 8.92. The van der Waals surface area contributed by atoms with Gasteiger partial charge in [-0.2, -0.15) is 4.68 Å². The van der Waals surface area contributed by atoms with E-state index < -0.39 is 0 Å². The Hall–Kier alpha value is -1.74. The SMILES string of the molecule is CCCNC(=O)C[NH+](C)Cn1nc(-c2sc3ccccc3c2Cl)oc1=S. The van der Waals surface area contributed by atoms with Crippen molar-refractivity contribution >= 4 is 51.1 Å². The predicted octanol–water partition coefficient (Wildman–Crippen LogP) is 2.74. The Morgan fingerprint density at radius 2 is 2.23 bits per heavy atom. The van der Waals surface area contributed by atoms with Crippen molar-refractivity contribution < 1.29 is 14.1 Å². The predicted molar refractivity (Wildman–Crippen MR) is 106 cm³/mol. The topological polar surface area (TPSA) is 64.5 Å². The fraction of sp³-hybridized carbons (Fsp3) is 0.353. The number of aromatic nitrogens is 2. The van der Waals surface area contributed by atoms with Crippen LogP contribution in [-0.2, 0) is 11.5 Å². The Bertz CT molecular complexity index is 979. The van der Waals surface area contributed by atoms with E-state index in [4.69, 9.17) is 28.2 Å². The molecule has 0 radical (unpaired) electrons. The summed E-state index contributed by atoms with van der Waals surface area (Å²) in [6, 6.07) is 7.89. The molecule has 0 aliphatic rings. The van der Waals surface area contributed by atoms with Gasteiger partial charge in [-0.05, 0) is 24.7 Å². The quantitative estimate of drug-likeness (QED) is 0.587. The number of thiophene rings is 1. The summed E-state index contributed by atoms with van der Waals surface area (Å²) < 4.78 is 8.32. The van der Waals surface area contributed by atoms with Crippen LogP contribution in [0.3, 0.4) is 0 Å². The van der Waals surface area contributed by atoms with Crippen LogP contribution < -0.4 is 10.2 Å². The third kappa shape index (κ3) is 4.15. The summed E-state index contributed by atoms with van der Waals surface area (Å²) in [4.78, 5) is 13.8. The largest absolute Gasteiger partial charge is 0.408 e. The monoisotopic (exact) mass is 411 g/mol. The van der Waals surface area contributed by atoms with E-state index in [-0.39, 0.29) is 10.7 Å². The van der Waals surface area contributed by atoms with E-state index >= 15 is 0 Å². The standard InChI is InChI=1S/C17H19ClN4O2S2/c1-3-8-19-13(23)9-21(2)10-22-17(25)24-16(20-22)15-14(18)11-6-4-5-7-12(11)26-15/h4-7H,3,8-10H2,1-2H3,(H,19,23)/p+1. The average molecular weight is 412 g/mol. The van der Waals surface area contributed by atoms with E-state index in [0.29, 0.717) is 30.7 Å². The highest BCUT2D eigenvalue weighted by Gasteiger charge is 2.19. The van der Waals surface area contributed by atoms with Gasteiger partial charge in [0.1, 0.15) is 4.88 Å². The third-order valence-corrected chi connectivity index (χ3v) is 5.75. The molecule has 0 aliphatic heterocycles. The number of likely N-dealkylation sites (N-methyl/N-ethyl adjacent to an activating group) is 1. The Kier molecular flexibility index (Phi) is 6.08. The van der Waals surface area contributed by atoms with Gasteiger partial charge in [0, 0.05) is 16.6 Å². The molecular formula is C17H20ClN4O2S2+. The number of hydrogen-bond acceptors (Lipinski definition) is 5. The van der Waals surface area contributed by atoms with Crippen molar-refractivity contribution in [2.45, 2.75) is 20.0 Å². The van der Waals surface area contributed by atoms with E-state index in [1.807, 2.05) is 38.2 Å². The fourth-order valence-corrected chi connectivity index (χ4v) is 4.18. The smallest absolute Gasteiger partial charge is 0.292 e. The van der Waals surface area contributed by atoms with Crippen LogP contribution >= 0.6 is 35.2 Å².